The smallest absolute Gasteiger partial charge is 0.274 e. The molecule has 1 amide bonds. The molecule has 4 heterocycles. The van der Waals surface area contributed by atoms with E-state index in [1.807, 2.05) is 4.40 Å². The zero-order valence-electron chi connectivity index (χ0n) is 19.3. The number of amides is 1. The van der Waals surface area contributed by atoms with Crippen molar-refractivity contribution in [3.63, 3.8) is 0 Å². The van der Waals surface area contributed by atoms with Gasteiger partial charge in [0.2, 0.25) is 0 Å². The van der Waals surface area contributed by atoms with Gasteiger partial charge in [-0.05, 0) is 36.2 Å². The average Bonchev–Trinajstić information content (AvgIpc) is 3.61. The summed E-state index contributed by atoms with van der Waals surface area (Å²) in [4.78, 5) is 35.1. The predicted molar refractivity (Wildman–Crippen MR) is 136 cm³/mol. The number of nitrogens with one attached hydrogen (secondary N) is 1. The van der Waals surface area contributed by atoms with Gasteiger partial charge >= 0.3 is 0 Å². The molecular formula is C26H27ClF2N4O4. The number of carbonyl (C=O) groups is 1. The summed E-state index contributed by atoms with van der Waals surface area (Å²) in [5.41, 5.74) is 2.48. The van der Waals surface area contributed by atoms with E-state index in [9.17, 15) is 18.4 Å². The molecule has 196 valence electrons. The zero-order valence-corrected chi connectivity index (χ0v) is 20.2. The lowest BCUT2D eigenvalue weighted by Crippen LogP contribution is -2.27. The Hall–Kier alpha value is -3.34. The first-order valence-electron chi connectivity index (χ1n) is 11.3. The van der Waals surface area contributed by atoms with E-state index in [1.54, 1.807) is 18.3 Å². The normalized spacial score (nSPS) is 16.6. The fourth-order valence-electron chi connectivity index (χ4n) is 5.11. The number of aromatic amines is 1. The number of hydrogen-bond donors (Lipinski definition) is 1. The van der Waals surface area contributed by atoms with Crippen LogP contribution in [0.25, 0.3) is 16.6 Å². The molecule has 1 fully saturated rings. The quantitative estimate of drug-likeness (QED) is 0.423. The number of nitrogens with zero attached hydrogens (tertiary/aromatic N) is 3. The molecular weight excluding hydrogens is 506 g/mol. The van der Waals surface area contributed by atoms with Crippen LogP contribution in [0.15, 0.2) is 35.3 Å². The Morgan fingerprint density at radius 1 is 1.19 bits per heavy atom. The molecule has 2 aromatic heterocycles. The summed E-state index contributed by atoms with van der Waals surface area (Å²) in [5.74, 6) is -0.685. The van der Waals surface area contributed by atoms with Crippen molar-refractivity contribution in [1.29, 1.82) is 0 Å². The molecule has 8 nitrogen and oxygen atoms in total. The molecule has 0 radical (unpaired) electrons. The molecule has 6 rings (SSSR count). The molecule has 4 aromatic rings. The SMILES string of the molecule is C.COCc1cc2c(cc1C(=O)N1Cc3c(F)ccc(F)c3C1)[nH]c(=O)c1cnc(C3CCOC3)n12.Cl. The second-order valence-corrected chi connectivity index (χ2v) is 8.96. The summed E-state index contributed by atoms with van der Waals surface area (Å²) in [6.45, 7) is 1.22. The van der Waals surface area contributed by atoms with Gasteiger partial charge in [0.15, 0.2) is 0 Å². The fraction of sp³-hybridized carbons (Fsp3) is 0.346. The van der Waals surface area contributed by atoms with E-state index in [1.165, 1.54) is 12.0 Å². The van der Waals surface area contributed by atoms with E-state index >= 15 is 0 Å². The zero-order chi connectivity index (χ0) is 24.3. The minimum Gasteiger partial charge on any atom is -0.381 e. The van der Waals surface area contributed by atoms with Crippen molar-refractivity contribution >= 4 is 34.9 Å². The number of carbonyl (C=O) groups excluding carboxylic acids is 1. The van der Waals surface area contributed by atoms with Gasteiger partial charge in [0.1, 0.15) is 23.0 Å². The van der Waals surface area contributed by atoms with Crippen LogP contribution in [0.2, 0.25) is 0 Å². The highest BCUT2D eigenvalue weighted by molar-refractivity contribution is 5.99. The summed E-state index contributed by atoms with van der Waals surface area (Å²) in [6.07, 6.45) is 2.35. The number of hydrogen-bond acceptors (Lipinski definition) is 5. The largest absolute Gasteiger partial charge is 0.381 e. The molecule has 1 atom stereocenters. The molecule has 1 saturated heterocycles. The maximum Gasteiger partial charge on any atom is 0.274 e. The van der Waals surface area contributed by atoms with Crippen LogP contribution in [0.1, 0.15) is 52.6 Å². The third kappa shape index (κ3) is 4.28. The number of H-pyrrole nitrogens is 1. The van der Waals surface area contributed by atoms with E-state index in [-0.39, 0.29) is 62.1 Å². The summed E-state index contributed by atoms with van der Waals surface area (Å²) >= 11 is 0. The average molecular weight is 533 g/mol. The monoisotopic (exact) mass is 532 g/mol. The van der Waals surface area contributed by atoms with Gasteiger partial charge in [-0.15, -0.1) is 12.4 Å². The van der Waals surface area contributed by atoms with E-state index in [0.29, 0.717) is 40.9 Å². The van der Waals surface area contributed by atoms with E-state index in [0.717, 1.165) is 24.4 Å². The first kappa shape index (κ1) is 26.7. The topological polar surface area (TPSA) is 88.9 Å². The molecule has 2 aliphatic heterocycles. The van der Waals surface area contributed by atoms with Gasteiger partial charge in [0.05, 0.1) is 30.4 Å². The number of benzene rings is 2. The van der Waals surface area contributed by atoms with Crippen molar-refractivity contribution in [2.75, 3.05) is 20.3 Å². The third-order valence-electron chi connectivity index (χ3n) is 6.86. The second kappa shape index (κ2) is 10.2. The van der Waals surface area contributed by atoms with Crippen molar-refractivity contribution < 1.29 is 23.0 Å². The number of aromatic nitrogens is 3. The summed E-state index contributed by atoms with van der Waals surface area (Å²) in [6, 6.07) is 5.56. The van der Waals surface area contributed by atoms with Crippen molar-refractivity contribution in [2.45, 2.75) is 39.5 Å². The van der Waals surface area contributed by atoms with E-state index in [4.69, 9.17) is 9.47 Å². The molecule has 11 heteroatoms. The first-order chi connectivity index (χ1) is 17.0. The number of imidazole rings is 1. The molecule has 0 bridgehead atoms. The molecule has 37 heavy (non-hydrogen) atoms. The Labute approximate surface area is 217 Å². The fourth-order valence-corrected chi connectivity index (χ4v) is 5.11. The van der Waals surface area contributed by atoms with Crippen molar-refractivity contribution in [3.05, 3.63) is 80.5 Å². The molecule has 0 saturated carbocycles. The van der Waals surface area contributed by atoms with Gasteiger partial charge in [-0.3, -0.25) is 14.0 Å². The van der Waals surface area contributed by atoms with Crippen LogP contribution in [0, 0.1) is 11.6 Å². The Balaban J connectivity index is 0.00000160. The molecule has 2 aliphatic rings. The van der Waals surface area contributed by atoms with Crippen LogP contribution in [0.4, 0.5) is 8.78 Å². The molecule has 0 aliphatic carbocycles. The van der Waals surface area contributed by atoms with E-state index < -0.39 is 17.5 Å². The maximum absolute atomic E-state index is 14.3. The van der Waals surface area contributed by atoms with Crippen LogP contribution in [0.5, 0.6) is 0 Å². The standard InChI is InChI=1S/C25H22F2N4O4.CH4.ClH/c1-34-11-14-6-21-20(29-24(32)22-8-28-23(31(21)22)13-4-5-35-12-13)7-15(14)25(33)30-9-16-17(10-30)19(27)3-2-18(16)26;;/h2-3,6-8,13H,4-5,9-12H2,1H3,(H,29,32);1H4;1H. The minimum absolute atomic E-state index is 0. The lowest BCUT2D eigenvalue weighted by atomic mass is 10.0. The number of fused-ring (bicyclic) bond motifs is 4. The first-order valence-corrected chi connectivity index (χ1v) is 11.3. The third-order valence-corrected chi connectivity index (χ3v) is 6.86. The van der Waals surface area contributed by atoms with Crippen molar-refractivity contribution in [3.8, 4) is 0 Å². The van der Waals surface area contributed by atoms with Crippen LogP contribution in [-0.4, -0.2) is 45.5 Å². The van der Waals surface area contributed by atoms with Crippen molar-refractivity contribution in [1.82, 2.24) is 19.3 Å². The maximum atomic E-state index is 14.3. The second-order valence-electron chi connectivity index (χ2n) is 8.96. The van der Waals surface area contributed by atoms with Gasteiger partial charge in [-0.2, -0.15) is 0 Å². The summed E-state index contributed by atoms with van der Waals surface area (Å²) in [5, 5.41) is 0. The summed E-state index contributed by atoms with van der Waals surface area (Å²) in [7, 11) is 1.52. The van der Waals surface area contributed by atoms with Crippen molar-refractivity contribution in [2.24, 2.45) is 0 Å². The molecule has 1 unspecified atom stereocenters. The highest BCUT2D eigenvalue weighted by Crippen LogP contribution is 2.31. The number of rotatable bonds is 4. The highest BCUT2D eigenvalue weighted by Gasteiger charge is 2.31. The lowest BCUT2D eigenvalue weighted by Gasteiger charge is -2.19. The number of methoxy groups -OCH3 is 1. The van der Waals surface area contributed by atoms with Crippen LogP contribution < -0.4 is 5.56 Å². The van der Waals surface area contributed by atoms with Crippen LogP contribution >= 0.6 is 12.4 Å². The van der Waals surface area contributed by atoms with Gasteiger partial charge in [-0.1, -0.05) is 7.43 Å². The highest BCUT2D eigenvalue weighted by atomic mass is 35.5. The summed E-state index contributed by atoms with van der Waals surface area (Å²) < 4.78 is 41.2. The molecule has 0 spiro atoms. The number of halogens is 3. The minimum atomic E-state index is -0.539. The Kier molecular flexibility index (Phi) is 7.36. The van der Waals surface area contributed by atoms with Gasteiger partial charge in [0, 0.05) is 49.4 Å². The molecule has 2 aromatic carbocycles. The van der Waals surface area contributed by atoms with Gasteiger partial charge < -0.3 is 19.4 Å². The Bertz CT molecular complexity index is 1530. The van der Waals surface area contributed by atoms with E-state index in [2.05, 4.69) is 9.97 Å². The lowest BCUT2D eigenvalue weighted by molar-refractivity contribution is 0.0745. The molecule has 1 N–H and O–H groups in total. The Morgan fingerprint density at radius 3 is 2.51 bits per heavy atom. The number of ether oxygens (including phenoxy) is 2. The van der Waals surface area contributed by atoms with Crippen LogP contribution in [0.3, 0.4) is 0 Å². The van der Waals surface area contributed by atoms with Gasteiger partial charge in [-0.25, -0.2) is 13.8 Å². The van der Waals surface area contributed by atoms with Gasteiger partial charge in [0.25, 0.3) is 11.5 Å². The predicted octanol–water partition coefficient (Wildman–Crippen LogP) is 4.32. The Morgan fingerprint density at radius 2 is 1.89 bits per heavy atom. The van der Waals surface area contributed by atoms with Crippen LogP contribution in [-0.2, 0) is 29.2 Å².